The molecule has 10 heteroatoms. The van der Waals surface area contributed by atoms with Gasteiger partial charge < -0.3 is 20.6 Å². The lowest BCUT2D eigenvalue weighted by molar-refractivity contribution is -0.141. The molecule has 0 aromatic carbocycles. The maximum Gasteiger partial charge on any atom is 0.317 e. The maximum absolute atomic E-state index is 11.1. The van der Waals surface area contributed by atoms with Crippen LogP contribution < -0.4 is 5.32 Å². The maximum atomic E-state index is 11.1. The lowest BCUT2D eigenvalue weighted by Gasteiger charge is -2.34. The van der Waals surface area contributed by atoms with Crippen LogP contribution in [0.5, 0.6) is 0 Å². The number of carbonyl (C=O) groups is 3. The van der Waals surface area contributed by atoms with Crippen molar-refractivity contribution < 1.29 is 29.7 Å². The summed E-state index contributed by atoms with van der Waals surface area (Å²) in [5.74, 6) is -2.80. The van der Waals surface area contributed by atoms with Crippen molar-refractivity contribution in [3.8, 4) is 0 Å². The molecule has 1 heterocycles. The van der Waals surface area contributed by atoms with Crippen molar-refractivity contribution in [2.75, 3.05) is 65.4 Å². The lowest BCUT2D eigenvalue weighted by atomic mass is 10.2. The van der Waals surface area contributed by atoms with E-state index in [1.165, 1.54) is 0 Å². The molecule has 0 radical (unpaired) electrons. The van der Waals surface area contributed by atoms with Crippen LogP contribution in [0.25, 0.3) is 0 Å². The standard InChI is InChI=1S/C15H28N4O6/c1-12-8-18(10-14(22)23)7-6-17(9-13(20)21)4-2-16-3-5-19(12)11-15(24)25/h12,16H,2-11H2,1H3,(H,20,21)(H,22,23)(H,24,25). The minimum absolute atomic E-state index is 0.0940. The van der Waals surface area contributed by atoms with Crippen LogP contribution in [0, 0.1) is 0 Å². The van der Waals surface area contributed by atoms with E-state index in [0.717, 1.165) is 0 Å². The Kier molecular flexibility index (Phi) is 9.35. The summed E-state index contributed by atoms with van der Waals surface area (Å²) in [6.07, 6.45) is 0. The van der Waals surface area contributed by atoms with E-state index < -0.39 is 17.9 Å². The number of aliphatic carboxylic acids is 3. The average molecular weight is 360 g/mol. The van der Waals surface area contributed by atoms with Crippen LogP contribution >= 0.6 is 0 Å². The molecule has 144 valence electrons. The van der Waals surface area contributed by atoms with Crippen molar-refractivity contribution in [1.29, 1.82) is 0 Å². The van der Waals surface area contributed by atoms with Gasteiger partial charge in [-0.3, -0.25) is 29.1 Å². The van der Waals surface area contributed by atoms with Crippen LogP contribution in [-0.2, 0) is 14.4 Å². The van der Waals surface area contributed by atoms with Crippen LogP contribution in [0.15, 0.2) is 0 Å². The Morgan fingerprint density at radius 2 is 1.36 bits per heavy atom. The molecule has 25 heavy (non-hydrogen) atoms. The highest BCUT2D eigenvalue weighted by Gasteiger charge is 2.22. The summed E-state index contributed by atoms with van der Waals surface area (Å²) in [5, 5.41) is 30.4. The van der Waals surface area contributed by atoms with Crippen molar-refractivity contribution in [3.05, 3.63) is 0 Å². The van der Waals surface area contributed by atoms with E-state index in [-0.39, 0.29) is 25.7 Å². The van der Waals surface area contributed by atoms with Gasteiger partial charge in [-0.1, -0.05) is 0 Å². The van der Waals surface area contributed by atoms with E-state index in [0.29, 0.717) is 45.8 Å². The fourth-order valence-electron chi connectivity index (χ4n) is 2.87. The molecule has 0 bridgehead atoms. The van der Waals surface area contributed by atoms with E-state index in [1.54, 1.807) is 14.7 Å². The van der Waals surface area contributed by atoms with Crippen molar-refractivity contribution in [2.45, 2.75) is 13.0 Å². The van der Waals surface area contributed by atoms with Gasteiger partial charge >= 0.3 is 17.9 Å². The fourth-order valence-corrected chi connectivity index (χ4v) is 2.87. The molecule has 0 spiro atoms. The third-order valence-electron chi connectivity index (χ3n) is 4.11. The normalized spacial score (nSPS) is 22.7. The number of rotatable bonds is 6. The number of carboxylic acid groups (broad SMARTS) is 3. The molecule has 0 amide bonds. The van der Waals surface area contributed by atoms with Crippen LogP contribution in [0.1, 0.15) is 6.92 Å². The Morgan fingerprint density at radius 1 is 0.840 bits per heavy atom. The average Bonchev–Trinajstić information content (AvgIpc) is 2.48. The first kappa shape index (κ1) is 21.3. The van der Waals surface area contributed by atoms with Crippen molar-refractivity contribution in [1.82, 2.24) is 20.0 Å². The highest BCUT2D eigenvalue weighted by molar-refractivity contribution is 5.70. The molecule has 1 rings (SSSR count). The predicted molar refractivity (Wildman–Crippen MR) is 89.7 cm³/mol. The number of nitrogens with one attached hydrogen (secondary N) is 1. The van der Waals surface area contributed by atoms with E-state index in [1.807, 2.05) is 6.92 Å². The van der Waals surface area contributed by atoms with Crippen LogP contribution in [0.2, 0.25) is 0 Å². The number of nitrogens with zero attached hydrogens (tertiary/aromatic N) is 3. The summed E-state index contributed by atoms with van der Waals surface area (Å²) in [7, 11) is 0. The van der Waals surface area contributed by atoms with Gasteiger partial charge in [-0.25, -0.2) is 0 Å². The van der Waals surface area contributed by atoms with Gasteiger partial charge in [0.05, 0.1) is 19.6 Å². The second-order valence-corrected chi connectivity index (χ2v) is 6.26. The van der Waals surface area contributed by atoms with Crippen molar-refractivity contribution in [3.63, 3.8) is 0 Å². The molecule has 0 saturated carbocycles. The minimum Gasteiger partial charge on any atom is -0.480 e. The lowest BCUT2D eigenvalue weighted by Crippen LogP contribution is -2.51. The third-order valence-corrected chi connectivity index (χ3v) is 4.11. The second-order valence-electron chi connectivity index (χ2n) is 6.26. The first-order valence-electron chi connectivity index (χ1n) is 8.32. The summed E-state index contributed by atoms with van der Waals surface area (Å²) in [6, 6.07) is -0.135. The number of hydrogen-bond donors (Lipinski definition) is 4. The zero-order valence-electron chi connectivity index (χ0n) is 14.6. The molecular formula is C15H28N4O6. The van der Waals surface area contributed by atoms with Gasteiger partial charge in [-0.05, 0) is 6.92 Å². The summed E-state index contributed by atoms with van der Waals surface area (Å²) in [4.78, 5) is 38.4. The predicted octanol–water partition coefficient (Wildman–Crippen LogP) is -1.86. The van der Waals surface area contributed by atoms with Crippen molar-refractivity contribution in [2.24, 2.45) is 0 Å². The Balaban J connectivity index is 2.80. The Bertz CT molecular complexity index is 461. The van der Waals surface area contributed by atoms with E-state index in [9.17, 15) is 14.4 Å². The highest BCUT2D eigenvalue weighted by Crippen LogP contribution is 2.04. The monoisotopic (exact) mass is 360 g/mol. The Hall–Kier alpha value is -1.75. The molecule has 1 aliphatic rings. The molecule has 1 saturated heterocycles. The van der Waals surface area contributed by atoms with E-state index in [4.69, 9.17) is 15.3 Å². The minimum atomic E-state index is -0.962. The SMILES string of the molecule is CC1CN(CC(=O)O)CCN(CC(=O)O)CCNCCN1CC(=O)O. The highest BCUT2D eigenvalue weighted by atomic mass is 16.4. The van der Waals surface area contributed by atoms with Crippen LogP contribution in [-0.4, -0.2) is 119 Å². The van der Waals surface area contributed by atoms with Crippen LogP contribution in [0.3, 0.4) is 0 Å². The first-order valence-corrected chi connectivity index (χ1v) is 8.32. The molecule has 4 N–H and O–H groups in total. The van der Waals surface area contributed by atoms with Crippen molar-refractivity contribution >= 4 is 17.9 Å². The largest absolute Gasteiger partial charge is 0.480 e. The van der Waals surface area contributed by atoms with Gasteiger partial charge in [0, 0.05) is 51.9 Å². The molecular weight excluding hydrogens is 332 g/mol. The first-order chi connectivity index (χ1) is 11.8. The Morgan fingerprint density at radius 3 is 1.96 bits per heavy atom. The molecule has 0 aromatic heterocycles. The molecule has 10 nitrogen and oxygen atoms in total. The molecule has 0 aromatic rings. The van der Waals surface area contributed by atoms with Gasteiger partial charge in [0.25, 0.3) is 0 Å². The smallest absolute Gasteiger partial charge is 0.317 e. The summed E-state index contributed by atoms with van der Waals surface area (Å²) >= 11 is 0. The van der Waals surface area contributed by atoms with Crippen LogP contribution in [0.4, 0.5) is 0 Å². The molecule has 1 fully saturated rings. The van der Waals surface area contributed by atoms with E-state index >= 15 is 0 Å². The van der Waals surface area contributed by atoms with Gasteiger partial charge in [0.1, 0.15) is 0 Å². The molecule has 1 unspecified atom stereocenters. The van der Waals surface area contributed by atoms with E-state index in [2.05, 4.69) is 5.32 Å². The third kappa shape index (κ3) is 9.34. The zero-order valence-corrected chi connectivity index (χ0v) is 14.6. The van der Waals surface area contributed by atoms with Gasteiger partial charge in [0.2, 0.25) is 0 Å². The second kappa shape index (κ2) is 11.0. The quantitative estimate of drug-likeness (QED) is 0.427. The summed E-state index contributed by atoms with van der Waals surface area (Å²) in [5.41, 5.74) is 0. The number of hydrogen-bond acceptors (Lipinski definition) is 7. The van der Waals surface area contributed by atoms with Gasteiger partial charge in [-0.2, -0.15) is 0 Å². The molecule has 0 aliphatic carbocycles. The number of carboxylic acids is 3. The molecule has 1 atom stereocenters. The Labute approximate surface area is 147 Å². The fraction of sp³-hybridized carbons (Fsp3) is 0.800. The molecule has 1 aliphatic heterocycles. The van der Waals surface area contributed by atoms with Gasteiger partial charge in [0.15, 0.2) is 0 Å². The van der Waals surface area contributed by atoms with Gasteiger partial charge in [-0.15, -0.1) is 0 Å². The summed E-state index contributed by atoms with van der Waals surface area (Å²) in [6.45, 7) is 4.98. The topological polar surface area (TPSA) is 134 Å². The summed E-state index contributed by atoms with van der Waals surface area (Å²) < 4.78 is 0. The zero-order chi connectivity index (χ0) is 18.8.